The van der Waals surface area contributed by atoms with Crippen molar-refractivity contribution >= 4 is 0 Å². The number of aryl methyl sites for hydroxylation is 6. The van der Waals surface area contributed by atoms with Crippen LogP contribution in [0.3, 0.4) is 0 Å². The topological polar surface area (TPSA) is 115 Å². The zero-order valence-corrected chi connectivity index (χ0v) is 16.3. The second-order valence-corrected chi connectivity index (χ2v) is 5.87. The van der Waals surface area contributed by atoms with Crippen molar-refractivity contribution < 1.29 is 0 Å². The molecule has 4 heterocycles. The van der Waals surface area contributed by atoms with Crippen LogP contribution in [0.1, 0.15) is 63.5 Å². The Balaban J connectivity index is -0.000000144. The Morgan fingerprint density at radius 3 is 1.20 bits per heavy atom. The van der Waals surface area contributed by atoms with Gasteiger partial charge in [0.1, 0.15) is 0 Å². The van der Waals surface area contributed by atoms with E-state index in [-0.39, 0.29) is 29.7 Å². The van der Waals surface area contributed by atoms with Crippen LogP contribution in [0, 0.1) is 41.5 Å². The first-order valence-electron chi connectivity index (χ1n) is 8.24. The molecule has 0 fully saturated rings. The Morgan fingerprint density at radius 1 is 0.600 bits per heavy atom. The molecular formula is C22H44N8. The maximum absolute atomic E-state index is 3.80. The first kappa shape index (κ1) is 34.4. The van der Waals surface area contributed by atoms with Gasteiger partial charge in [-0.2, -0.15) is 20.4 Å². The van der Waals surface area contributed by atoms with E-state index in [9.17, 15) is 0 Å². The molecule has 0 aromatic carbocycles. The smallest absolute Gasteiger partial charge is 0.0519 e. The van der Waals surface area contributed by atoms with Crippen molar-refractivity contribution in [2.75, 3.05) is 0 Å². The lowest BCUT2D eigenvalue weighted by molar-refractivity contribution is 1.04. The molecule has 4 rings (SSSR count). The molecule has 30 heavy (non-hydrogen) atoms. The Kier molecular flexibility index (Phi) is 22.0. The van der Waals surface area contributed by atoms with Gasteiger partial charge in [-0.1, -0.05) is 29.7 Å². The lowest BCUT2D eigenvalue weighted by Gasteiger charge is -1.78. The fourth-order valence-corrected chi connectivity index (χ4v) is 1.46. The van der Waals surface area contributed by atoms with Crippen molar-refractivity contribution in [3.63, 3.8) is 0 Å². The molecule has 8 heteroatoms. The highest BCUT2D eigenvalue weighted by molar-refractivity contribution is 5.11. The molecule has 4 N–H and O–H groups in total. The van der Waals surface area contributed by atoms with Crippen LogP contribution in [0.25, 0.3) is 0 Å². The van der Waals surface area contributed by atoms with Gasteiger partial charge in [-0.25, -0.2) is 0 Å². The van der Waals surface area contributed by atoms with E-state index in [0.29, 0.717) is 0 Å². The third kappa shape index (κ3) is 14.8. The monoisotopic (exact) mass is 420 g/mol. The van der Waals surface area contributed by atoms with Crippen LogP contribution in [-0.2, 0) is 0 Å². The first-order valence-corrected chi connectivity index (χ1v) is 8.24. The summed E-state index contributed by atoms with van der Waals surface area (Å²) in [6, 6.07) is 1.92. The minimum atomic E-state index is 0. The van der Waals surface area contributed by atoms with Gasteiger partial charge in [0.2, 0.25) is 0 Å². The molecule has 0 bridgehead atoms. The van der Waals surface area contributed by atoms with Crippen molar-refractivity contribution in [1.82, 2.24) is 40.8 Å². The summed E-state index contributed by atoms with van der Waals surface area (Å²) in [5, 5.41) is 26.1. The van der Waals surface area contributed by atoms with Crippen molar-refractivity contribution in [1.29, 1.82) is 0 Å². The maximum atomic E-state index is 3.80. The van der Waals surface area contributed by atoms with Crippen molar-refractivity contribution in [3.05, 3.63) is 70.8 Å². The number of rotatable bonds is 0. The predicted octanol–water partition coefficient (Wildman–Crippen LogP) is 6.03. The molecule has 172 valence electrons. The number of H-pyrrole nitrogens is 4. The number of aromatic nitrogens is 8. The molecule has 0 unspecified atom stereocenters. The van der Waals surface area contributed by atoms with E-state index < -0.39 is 0 Å². The second kappa shape index (κ2) is 19.2. The van der Waals surface area contributed by atoms with Crippen molar-refractivity contribution in [3.8, 4) is 0 Å². The number of hydrogen-bond acceptors (Lipinski definition) is 4. The quantitative estimate of drug-likeness (QED) is 0.278. The van der Waals surface area contributed by atoms with E-state index in [0.717, 1.165) is 17.1 Å². The highest BCUT2D eigenvalue weighted by Crippen LogP contribution is 1.97. The lowest BCUT2D eigenvalue weighted by atomic mass is 10.3. The molecular weight excluding hydrogens is 376 g/mol. The third-order valence-corrected chi connectivity index (χ3v) is 3.44. The summed E-state index contributed by atoms with van der Waals surface area (Å²) in [6.45, 7) is 12.0. The van der Waals surface area contributed by atoms with Gasteiger partial charge < -0.3 is 0 Å². The number of hydrogen-bond donors (Lipinski definition) is 4. The largest absolute Gasteiger partial charge is 0.285 e. The van der Waals surface area contributed by atoms with Gasteiger partial charge in [0.25, 0.3) is 0 Å². The van der Waals surface area contributed by atoms with Gasteiger partial charge in [-0.3, -0.25) is 20.4 Å². The fraction of sp³-hybridized carbons (Fsp3) is 0.455. The van der Waals surface area contributed by atoms with Gasteiger partial charge in [-0.05, 0) is 64.3 Å². The molecule has 0 spiro atoms. The predicted molar refractivity (Wildman–Crippen MR) is 130 cm³/mol. The maximum Gasteiger partial charge on any atom is 0.0519 e. The Hall–Kier alpha value is -3.16. The molecule has 0 amide bonds. The minimum Gasteiger partial charge on any atom is -0.285 e. The molecule has 0 saturated carbocycles. The average molecular weight is 421 g/mol. The zero-order chi connectivity index (χ0) is 19.4. The van der Waals surface area contributed by atoms with Crippen LogP contribution in [0.2, 0.25) is 0 Å². The average Bonchev–Trinajstić information content (AvgIpc) is 3.39. The Morgan fingerprint density at radius 2 is 1.10 bits per heavy atom. The summed E-state index contributed by atoms with van der Waals surface area (Å²) in [4.78, 5) is 0. The number of aromatic amines is 4. The highest BCUT2D eigenvalue weighted by atomic mass is 15.1. The Bertz CT molecular complexity index is 708. The third-order valence-electron chi connectivity index (χ3n) is 3.44. The van der Waals surface area contributed by atoms with Gasteiger partial charge in [0.15, 0.2) is 0 Å². The summed E-state index contributed by atoms with van der Waals surface area (Å²) in [7, 11) is 0. The lowest BCUT2D eigenvalue weighted by Crippen LogP contribution is -1.70. The minimum absolute atomic E-state index is 0. The summed E-state index contributed by atoms with van der Waals surface area (Å²) in [5.74, 6) is 0. The summed E-state index contributed by atoms with van der Waals surface area (Å²) in [5.41, 5.74) is 7.03. The summed E-state index contributed by atoms with van der Waals surface area (Å²) in [6.07, 6.45) is 8.99. The van der Waals surface area contributed by atoms with Crippen LogP contribution in [0.15, 0.2) is 37.1 Å². The van der Waals surface area contributed by atoms with Gasteiger partial charge in [0, 0.05) is 29.5 Å². The van der Waals surface area contributed by atoms with Gasteiger partial charge >= 0.3 is 0 Å². The van der Waals surface area contributed by atoms with Crippen LogP contribution in [0.4, 0.5) is 0 Å². The van der Waals surface area contributed by atoms with E-state index >= 15 is 0 Å². The van der Waals surface area contributed by atoms with E-state index in [1.165, 1.54) is 16.7 Å². The normalized spacial score (nSPS) is 7.93. The summed E-state index contributed by atoms with van der Waals surface area (Å²) >= 11 is 0. The van der Waals surface area contributed by atoms with Gasteiger partial charge in [-0.15, -0.1) is 0 Å². The molecule has 0 aliphatic heterocycles. The van der Waals surface area contributed by atoms with Crippen LogP contribution in [0.5, 0.6) is 0 Å². The molecule has 8 nitrogen and oxygen atoms in total. The standard InChI is InChI=1S/2C5H8N2.2C4H6N2.4CH4/c2*1-4-3-6-7-5(4)2;1-4-2-5-6-3-4;1-4-2-3-5-6-4;;;;/h2*3H,1-2H3,(H,6,7);2*2-3H,1H3,(H,5,6);4*1H4. The molecule has 0 saturated heterocycles. The van der Waals surface area contributed by atoms with E-state index in [1.54, 1.807) is 12.4 Å². The fourth-order valence-electron chi connectivity index (χ4n) is 1.46. The first-order chi connectivity index (χ1) is 12.4. The van der Waals surface area contributed by atoms with E-state index in [4.69, 9.17) is 0 Å². The zero-order valence-electron chi connectivity index (χ0n) is 16.3. The highest BCUT2D eigenvalue weighted by Gasteiger charge is 1.88. The van der Waals surface area contributed by atoms with E-state index in [1.807, 2.05) is 66.2 Å². The van der Waals surface area contributed by atoms with Gasteiger partial charge in [0.05, 0.1) is 18.6 Å². The molecule has 0 aliphatic rings. The Labute approximate surface area is 183 Å². The number of nitrogens with zero attached hydrogens (tertiary/aromatic N) is 4. The van der Waals surface area contributed by atoms with Crippen LogP contribution >= 0.6 is 0 Å². The van der Waals surface area contributed by atoms with Crippen molar-refractivity contribution in [2.45, 2.75) is 71.2 Å². The van der Waals surface area contributed by atoms with E-state index in [2.05, 4.69) is 40.8 Å². The molecule has 4 aromatic heterocycles. The molecule has 4 aromatic rings. The molecule has 0 atom stereocenters. The van der Waals surface area contributed by atoms with Crippen LogP contribution < -0.4 is 0 Å². The summed E-state index contributed by atoms with van der Waals surface area (Å²) < 4.78 is 0. The second-order valence-electron chi connectivity index (χ2n) is 5.87. The molecule has 0 aliphatic carbocycles. The van der Waals surface area contributed by atoms with Crippen molar-refractivity contribution in [2.24, 2.45) is 0 Å². The number of nitrogens with one attached hydrogen (secondary N) is 4. The molecule has 0 radical (unpaired) electrons. The van der Waals surface area contributed by atoms with Crippen LogP contribution in [-0.4, -0.2) is 40.8 Å². The SMILES string of the molecule is C.C.C.C.Cc1ccn[nH]1.Cc1cn[nH]c1.Cc1cn[nH]c1C.Cc1cn[nH]c1C.